The van der Waals surface area contributed by atoms with Crippen LogP contribution in [0.25, 0.3) is 0 Å². The van der Waals surface area contributed by atoms with Gasteiger partial charge in [0.25, 0.3) is 0 Å². The van der Waals surface area contributed by atoms with E-state index in [1.807, 2.05) is 6.07 Å². The summed E-state index contributed by atoms with van der Waals surface area (Å²) in [6.45, 7) is 1.14. The average molecular weight is 291 g/mol. The summed E-state index contributed by atoms with van der Waals surface area (Å²) < 4.78 is 11.6. The number of aliphatic hydroxyl groups excluding tert-OH is 1. The standard InChI is InChI=1S/C17H25NO3/c1-20-16-7-6-12(14-8-9-18-15(14)11-19)10-17(16)21-13-4-2-3-5-13/h6-7,10,13-15,18-19H,2-5,8-9,11H2,1H3/t14-,15-/m1/s1. The van der Waals surface area contributed by atoms with Crippen LogP contribution in [0.15, 0.2) is 18.2 Å². The maximum atomic E-state index is 9.48. The van der Waals surface area contributed by atoms with Crippen LogP contribution in [0.1, 0.15) is 43.6 Å². The zero-order valence-electron chi connectivity index (χ0n) is 12.7. The lowest BCUT2D eigenvalue weighted by Crippen LogP contribution is -2.29. The Labute approximate surface area is 126 Å². The zero-order chi connectivity index (χ0) is 14.7. The van der Waals surface area contributed by atoms with E-state index in [1.165, 1.54) is 18.4 Å². The molecular formula is C17H25NO3. The van der Waals surface area contributed by atoms with Crippen molar-refractivity contribution in [2.75, 3.05) is 20.3 Å². The van der Waals surface area contributed by atoms with E-state index < -0.39 is 0 Å². The van der Waals surface area contributed by atoms with E-state index in [2.05, 4.69) is 17.4 Å². The molecule has 0 aromatic heterocycles. The first-order valence-electron chi connectivity index (χ1n) is 8.00. The molecule has 2 aliphatic rings. The monoisotopic (exact) mass is 291 g/mol. The van der Waals surface area contributed by atoms with Crippen LogP contribution in [-0.2, 0) is 0 Å². The lowest BCUT2D eigenvalue weighted by atomic mass is 9.92. The summed E-state index contributed by atoms with van der Waals surface area (Å²) >= 11 is 0. The molecule has 3 rings (SSSR count). The van der Waals surface area contributed by atoms with Crippen LogP contribution in [0.3, 0.4) is 0 Å². The van der Waals surface area contributed by atoms with E-state index in [0.717, 1.165) is 37.3 Å². The second-order valence-electron chi connectivity index (χ2n) is 6.07. The summed E-state index contributed by atoms with van der Waals surface area (Å²) in [6, 6.07) is 6.35. The van der Waals surface area contributed by atoms with Gasteiger partial charge in [0.2, 0.25) is 0 Å². The van der Waals surface area contributed by atoms with E-state index in [9.17, 15) is 5.11 Å². The maximum absolute atomic E-state index is 9.48. The normalized spacial score (nSPS) is 26.2. The second-order valence-corrected chi connectivity index (χ2v) is 6.07. The number of methoxy groups -OCH3 is 1. The molecule has 2 fully saturated rings. The van der Waals surface area contributed by atoms with E-state index >= 15 is 0 Å². The van der Waals surface area contributed by atoms with Crippen LogP contribution in [0.4, 0.5) is 0 Å². The topological polar surface area (TPSA) is 50.7 Å². The number of aliphatic hydroxyl groups is 1. The van der Waals surface area contributed by atoms with Gasteiger partial charge in [0.1, 0.15) is 0 Å². The molecule has 1 saturated heterocycles. The largest absolute Gasteiger partial charge is 0.493 e. The highest BCUT2D eigenvalue weighted by atomic mass is 16.5. The SMILES string of the molecule is COc1ccc([C@H]2CCN[C@@H]2CO)cc1OC1CCCC1. The number of hydrogen-bond acceptors (Lipinski definition) is 4. The smallest absolute Gasteiger partial charge is 0.161 e. The molecule has 0 bridgehead atoms. The van der Waals surface area contributed by atoms with Crippen molar-refractivity contribution in [3.8, 4) is 11.5 Å². The van der Waals surface area contributed by atoms with Gasteiger partial charge in [0.05, 0.1) is 19.8 Å². The summed E-state index contributed by atoms with van der Waals surface area (Å²) in [5.74, 6) is 2.01. The van der Waals surface area contributed by atoms with E-state index in [4.69, 9.17) is 9.47 Å². The van der Waals surface area contributed by atoms with Gasteiger partial charge in [-0.25, -0.2) is 0 Å². The summed E-state index contributed by atoms with van der Waals surface area (Å²) in [6.07, 6.45) is 6.16. The summed E-state index contributed by atoms with van der Waals surface area (Å²) in [4.78, 5) is 0. The minimum absolute atomic E-state index is 0.151. The molecule has 2 N–H and O–H groups in total. The number of benzene rings is 1. The number of ether oxygens (including phenoxy) is 2. The Hall–Kier alpha value is -1.26. The van der Waals surface area contributed by atoms with Crippen molar-refractivity contribution in [1.29, 1.82) is 0 Å². The summed E-state index contributed by atoms with van der Waals surface area (Å²) in [7, 11) is 1.68. The fourth-order valence-electron chi connectivity index (χ4n) is 3.56. The molecule has 4 nitrogen and oxygen atoms in total. The van der Waals surface area contributed by atoms with Crippen molar-refractivity contribution in [2.24, 2.45) is 0 Å². The maximum Gasteiger partial charge on any atom is 0.161 e. The third kappa shape index (κ3) is 3.16. The van der Waals surface area contributed by atoms with Crippen molar-refractivity contribution in [3.05, 3.63) is 23.8 Å². The molecule has 0 unspecified atom stereocenters. The molecule has 1 aromatic rings. The van der Waals surface area contributed by atoms with Crippen molar-refractivity contribution in [1.82, 2.24) is 5.32 Å². The lowest BCUT2D eigenvalue weighted by molar-refractivity contribution is 0.200. The van der Waals surface area contributed by atoms with Crippen LogP contribution in [0.5, 0.6) is 11.5 Å². The molecule has 1 saturated carbocycles. The Morgan fingerprint density at radius 3 is 2.71 bits per heavy atom. The first-order valence-corrected chi connectivity index (χ1v) is 8.00. The van der Waals surface area contributed by atoms with Crippen LogP contribution >= 0.6 is 0 Å². The van der Waals surface area contributed by atoms with Gasteiger partial charge >= 0.3 is 0 Å². The van der Waals surface area contributed by atoms with Gasteiger partial charge in [0.15, 0.2) is 11.5 Å². The highest BCUT2D eigenvalue weighted by Crippen LogP contribution is 2.36. The second kappa shape index (κ2) is 6.67. The molecule has 0 radical (unpaired) electrons. The zero-order valence-corrected chi connectivity index (χ0v) is 12.7. The highest BCUT2D eigenvalue weighted by molar-refractivity contribution is 5.44. The quantitative estimate of drug-likeness (QED) is 0.875. The Morgan fingerprint density at radius 2 is 2.00 bits per heavy atom. The van der Waals surface area contributed by atoms with Gasteiger partial charge in [-0.15, -0.1) is 0 Å². The van der Waals surface area contributed by atoms with Crippen LogP contribution < -0.4 is 14.8 Å². The van der Waals surface area contributed by atoms with Crippen LogP contribution in [-0.4, -0.2) is 37.5 Å². The van der Waals surface area contributed by atoms with Crippen molar-refractivity contribution in [2.45, 2.75) is 50.2 Å². The number of hydrogen-bond donors (Lipinski definition) is 2. The molecule has 1 heterocycles. The van der Waals surface area contributed by atoms with Crippen LogP contribution in [0, 0.1) is 0 Å². The Morgan fingerprint density at radius 1 is 1.19 bits per heavy atom. The molecule has 21 heavy (non-hydrogen) atoms. The first-order chi connectivity index (χ1) is 10.3. The van der Waals surface area contributed by atoms with Gasteiger partial charge < -0.3 is 19.9 Å². The molecule has 0 spiro atoms. The van der Waals surface area contributed by atoms with Gasteiger partial charge in [0, 0.05) is 12.0 Å². The molecule has 1 aliphatic heterocycles. The first kappa shape index (κ1) is 14.7. The van der Waals surface area contributed by atoms with E-state index in [-0.39, 0.29) is 12.6 Å². The predicted molar refractivity (Wildman–Crippen MR) is 82.1 cm³/mol. The molecule has 2 atom stereocenters. The number of nitrogens with one attached hydrogen (secondary N) is 1. The average Bonchev–Trinajstić information content (AvgIpc) is 3.18. The minimum Gasteiger partial charge on any atom is -0.493 e. The van der Waals surface area contributed by atoms with Gasteiger partial charge in [-0.3, -0.25) is 0 Å². The third-order valence-corrected chi connectivity index (χ3v) is 4.76. The van der Waals surface area contributed by atoms with Crippen molar-refractivity contribution < 1.29 is 14.6 Å². The Bertz CT molecular complexity index is 471. The third-order valence-electron chi connectivity index (χ3n) is 4.76. The fraction of sp³-hybridized carbons (Fsp3) is 0.647. The van der Waals surface area contributed by atoms with Gasteiger partial charge in [-0.05, 0) is 56.3 Å². The summed E-state index contributed by atoms with van der Waals surface area (Å²) in [5.41, 5.74) is 1.23. The van der Waals surface area contributed by atoms with Crippen molar-refractivity contribution in [3.63, 3.8) is 0 Å². The minimum atomic E-state index is 0.151. The Kier molecular flexibility index (Phi) is 4.66. The molecule has 116 valence electrons. The van der Waals surface area contributed by atoms with Gasteiger partial charge in [-0.1, -0.05) is 6.07 Å². The molecule has 4 heteroatoms. The van der Waals surface area contributed by atoms with Gasteiger partial charge in [-0.2, -0.15) is 0 Å². The molecule has 1 aromatic carbocycles. The number of rotatable bonds is 5. The predicted octanol–water partition coefficient (Wildman–Crippen LogP) is 2.45. The lowest BCUT2D eigenvalue weighted by Gasteiger charge is -2.21. The fourth-order valence-corrected chi connectivity index (χ4v) is 3.56. The van der Waals surface area contributed by atoms with Crippen LogP contribution in [0.2, 0.25) is 0 Å². The molecule has 0 amide bonds. The molecular weight excluding hydrogens is 266 g/mol. The highest BCUT2D eigenvalue weighted by Gasteiger charge is 2.28. The van der Waals surface area contributed by atoms with Crippen molar-refractivity contribution >= 4 is 0 Å². The Balaban J connectivity index is 1.81. The summed E-state index contributed by atoms with van der Waals surface area (Å²) in [5, 5.41) is 12.8. The van der Waals surface area contributed by atoms with E-state index in [1.54, 1.807) is 7.11 Å². The van der Waals surface area contributed by atoms with E-state index in [0.29, 0.717) is 12.0 Å². The molecule has 1 aliphatic carbocycles.